The zero-order valence-corrected chi connectivity index (χ0v) is 16.7. The first kappa shape index (κ1) is 18.0. The van der Waals surface area contributed by atoms with E-state index in [2.05, 4.69) is 15.5 Å². The van der Waals surface area contributed by atoms with Gasteiger partial charge < -0.3 is 15.5 Å². The Labute approximate surface area is 167 Å². The maximum atomic E-state index is 12.9. The lowest BCUT2D eigenvalue weighted by Gasteiger charge is -2.54. The van der Waals surface area contributed by atoms with Crippen LogP contribution in [0.3, 0.4) is 0 Å². The molecule has 1 saturated heterocycles. The Morgan fingerprint density at radius 1 is 0.929 bits per heavy atom. The Morgan fingerprint density at radius 2 is 1.57 bits per heavy atom. The molecule has 2 amide bonds. The standard InChI is InChI=1S/C23H31N3O2/c1-14(27)24-20-6-7-26(13-20)21-4-2-17(3-5-21)23(28)25-22-18-9-15-8-16(11-18)12-19(22)10-15/h2-5,15-16,18-20,22H,6-13H2,1H3,(H,24,27)(H,25,28)/t15?,16?,18?,19?,20-,22?/m0/s1. The number of nitrogens with one attached hydrogen (secondary N) is 2. The maximum absolute atomic E-state index is 12.9. The summed E-state index contributed by atoms with van der Waals surface area (Å²) < 4.78 is 0. The van der Waals surface area contributed by atoms with Gasteiger partial charge in [0, 0.05) is 43.3 Å². The second-order valence-electron chi connectivity index (χ2n) is 9.61. The van der Waals surface area contributed by atoms with Crippen molar-refractivity contribution in [2.24, 2.45) is 23.7 Å². The molecule has 4 bridgehead atoms. The molecule has 0 spiro atoms. The topological polar surface area (TPSA) is 61.4 Å². The van der Waals surface area contributed by atoms with Crippen LogP contribution in [0.25, 0.3) is 0 Å². The number of benzene rings is 1. The van der Waals surface area contributed by atoms with E-state index < -0.39 is 0 Å². The van der Waals surface area contributed by atoms with E-state index in [0.29, 0.717) is 17.9 Å². The van der Waals surface area contributed by atoms with Crippen molar-refractivity contribution in [3.05, 3.63) is 29.8 Å². The molecule has 5 fully saturated rings. The number of anilines is 1. The molecular formula is C23H31N3O2. The molecule has 0 aromatic heterocycles. The SMILES string of the molecule is CC(=O)N[C@H]1CCN(c2ccc(C(=O)NC3C4CC5CC(C4)CC3C5)cc2)C1. The van der Waals surface area contributed by atoms with E-state index in [1.54, 1.807) is 6.92 Å². The summed E-state index contributed by atoms with van der Waals surface area (Å²) in [5.41, 5.74) is 1.88. The van der Waals surface area contributed by atoms with Crippen molar-refractivity contribution in [3.63, 3.8) is 0 Å². The first-order valence-corrected chi connectivity index (χ1v) is 11.0. The van der Waals surface area contributed by atoms with Crippen LogP contribution >= 0.6 is 0 Å². The van der Waals surface area contributed by atoms with Crippen LogP contribution < -0.4 is 15.5 Å². The van der Waals surface area contributed by atoms with Gasteiger partial charge >= 0.3 is 0 Å². The molecule has 5 nitrogen and oxygen atoms in total. The van der Waals surface area contributed by atoms with E-state index in [1.165, 1.54) is 32.1 Å². The summed E-state index contributed by atoms with van der Waals surface area (Å²) in [6.07, 6.45) is 7.69. The third-order valence-corrected chi connectivity index (χ3v) is 7.61. The average molecular weight is 382 g/mol. The lowest BCUT2D eigenvalue weighted by Crippen LogP contribution is -2.55. The highest BCUT2D eigenvalue weighted by Gasteiger charge is 2.48. The summed E-state index contributed by atoms with van der Waals surface area (Å²) in [7, 11) is 0. The minimum atomic E-state index is 0.0312. The number of hydrogen-bond donors (Lipinski definition) is 2. The zero-order chi connectivity index (χ0) is 19.3. The van der Waals surface area contributed by atoms with Gasteiger partial charge in [0.1, 0.15) is 0 Å². The normalized spacial score (nSPS) is 35.8. The lowest BCUT2D eigenvalue weighted by atomic mass is 9.54. The van der Waals surface area contributed by atoms with E-state index in [9.17, 15) is 9.59 Å². The summed E-state index contributed by atoms with van der Waals surface area (Å²) >= 11 is 0. The number of hydrogen-bond acceptors (Lipinski definition) is 3. The van der Waals surface area contributed by atoms with Gasteiger partial charge in [0.2, 0.25) is 5.91 Å². The van der Waals surface area contributed by atoms with Gasteiger partial charge in [-0.15, -0.1) is 0 Å². The minimum Gasteiger partial charge on any atom is -0.369 e. The summed E-state index contributed by atoms with van der Waals surface area (Å²) in [6, 6.07) is 8.59. The molecule has 6 rings (SSSR count). The molecule has 4 saturated carbocycles. The van der Waals surface area contributed by atoms with Crippen LogP contribution in [0.15, 0.2) is 24.3 Å². The molecule has 0 unspecified atom stereocenters. The smallest absolute Gasteiger partial charge is 0.251 e. The highest BCUT2D eigenvalue weighted by molar-refractivity contribution is 5.94. The highest BCUT2D eigenvalue weighted by Crippen LogP contribution is 2.53. The molecule has 5 heteroatoms. The molecule has 1 aromatic carbocycles. The Kier molecular flexibility index (Phi) is 4.56. The van der Waals surface area contributed by atoms with Gasteiger partial charge in [-0.05, 0) is 86.5 Å². The van der Waals surface area contributed by atoms with Crippen LogP contribution in [0.1, 0.15) is 55.8 Å². The highest BCUT2D eigenvalue weighted by atomic mass is 16.2. The van der Waals surface area contributed by atoms with Crippen molar-refractivity contribution < 1.29 is 9.59 Å². The van der Waals surface area contributed by atoms with Crippen molar-refractivity contribution in [1.29, 1.82) is 0 Å². The monoisotopic (exact) mass is 381 g/mol. The van der Waals surface area contributed by atoms with Gasteiger partial charge in [-0.3, -0.25) is 9.59 Å². The van der Waals surface area contributed by atoms with Crippen LogP contribution in [0.2, 0.25) is 0 Å². The van der Waals surface area contributed by atoms with E-state index in [0.717, 1.165) is 42.6 Å². The van der Waals surface area contributed by atoms with Crippen LogP contribution in [0.5, 0.6) is 0 Å². The van der Waals surface area contributed by atoms with Gasteiger partial charge in [0.15, 0.2) is 0 Å². The first-order chi connectivity index (χ1) is 13.5. The molecule has 1 heterocycles. The number of rotatable bonds is 4. The number of amides is 2. The Bertz CT molecular complexity index is 732. The van der Waals surface area contributed by atoms with E-state index >= 15 is 0 Å². The fourth-order valence-corrected chi connectivity index (χ4v) is 6.62. The molecule has 1 atom stereocenters. The van der Waals surface area contributed by atoms with Gasteiger partial charge in [-0.2, -0.15) is 0 Å². The van der Waals surface area contributed by atoms with Crippen LogP contribution in [-0.4, -0.2) is 37.0 Å². The Hall–Kier alpha value is -2.04. The van der Waals surface area contributed by atoms with Crippen molar-refractivity contribution >= 4 is 17.5 Å². The zero-order valence-electron chi connectivity index (χ0n) is 16.7. The molecule has 5 aliphatic rings. The maximum Gasteiger partial charge on any atom is 0.251 e. The summed E-state index contributed by atoms with van der Waals surface area (Å²) in [5.74, 6) is 3.38. The molecule has 0 radical (unpaired) electrons. The molecule has 2 N–H and O–H groups in total. The quantitative estimate of drug-likeness (QED) is 0.843. The fraction of sp³-hybridized carbons (Fsp3) is 0.652. The second kappa shape index (κ2) is 7.09. The first-order valence-electron chi connectivity index (χ1n) is 11.0. The Balaban J connectivity index is 1.20. The van der Waals surface area contributed by atoms with Crippen LogP contribution in [-0.2, 0) is 4.79 Å². The molecule has 28 heavy (non-hydrogen) atoms. The molecule has 1 aliphatic heterocycles. The van der Waals surface area contributed by atoms with Crippen LogP contribution in [0, 0.1) is 23.7 Å². The molecule has 4 aliphatic carbocycles. The van der Waals surface area contributed by atoms with Crippen LogP contribution in [0.4, 0.5) is 5.69 Å². The molecule has 1 aromatic rings. The van der Waals surface area contributed by atoms with E-state index in [-0.39, 0.29) is 17.9 Å². The van der Waals surface area contributed by atoms with Crippen molar-refractivity contribution in [2.75, 3.05) is 18.0 Å². The fourth-order valence-electron chi connectivity index (χ4n) is 6.62. The summed E-state index contributed by atoms with van der Waals surface area (Å²) in [5, 5.41) is 6.39. The van der Waals surface area contributed by atoms with Gasteiger partial charge in [0.25, 0.3) is 5.91 Å². The Morgan fingerprint density at radius 3 is 2.18 bits per heavy atom. The largest absolute Gasteiger partial charge is 0.369 e. The number of carbonyl (C=O) groups is 2. The second-order valence-corrected chi connectivity index (χ2v) is 9.61. The number of carbonyl (C=O) groups excluding carboxylic acids is 2. The predicted octanol–water partition coefficient (Wildman–Crippen LogP) is 2.96. The van der Waals surface area contributed by atoms with Crippen molar-refractivity contribution in [1.82, 2.24) is 10.6 Å². The van der Waals surface area contributed by atoms with Gasteiger partial charge in [-0.1, -0.05) is 0 Å². The third-order valence-electron chi connectivity index (χ3n) is 7.61. The molecular weight excluding hydrogens is 350 g/mol. The van der Waals surface area contributed by atoms with Gasteiger partial charge in [-0.25, -0.2) is 0 Å². The summed E-state index contributed by atoms with van der Waals surface area (Å²) in [6.45, 7) is 3.34. The van der Waals surface area contributed by atoms with Crippen molar-refractivity contribution in [3.8, 4) is 0 Å². The third kappa shape index (κ3) is 3.40. The van der Waals surface area contributed by atoms with Crippen molar-refractivity contribution in [2.45, 2.75) is 57.5 Å². The minimum absolute atomic E-state index is 0.0312. The van der Waals surface area contributed by atoms with Gasteiger partial charge in [0.05, 0.1) is 0 Å². The average Bonchev–Trinajstić information content (AvgIpc) is 3.12. The summed E-state index contributed by atoms with van der Waals surface area (Å²) in [4.78, 5) is 26.4. The van der Waals surface area contributed by atoms with E-state index in [1.807, 2.05) is 24.3 Å². The number of nitrogens with zero attached hydrogens (tertiary/aromatic N) is 1. The lowest BCUT2D eigenvalue weighted by molar-refractivity contribution is -0.119. The predicted molar refractivity (Wildman–Crippen MR) is 109 cm³/mol. The van der Waals surface area contributed by atoms with E-state index in [4.69, 9.17) is 0 Å². The molecule has 150 valence electrons.